The number of amides is 2. The van der Waals surface area contributed by atoms with E-state index in [-0.39, 0.29) is 17.9 Å². The lowest BCUT2D eigenvalue weighted by atomic mass is 10.2. The molecule has 96 valence electrons. The van der Waals surface area contributed by atoms with Crippen molar-refractivity contribution in [1.82, 2.24) is 15.6 Å². The highest BCUT2D eigenvalue weighted by atomic mass is 16.2. The molecule has 1 aliphatic heterocycles. The molecule has 0 bridgehead atoms. The molecule has 0 radical (unpaired) electrons. The van der Waals surface area contributed by atoms with Crippen molar-refractivity contribution in [2.75, 3.05) is 18.9 Å². The highest BCUT2D eigenvalue weighted by Gasteiger charge is 2.21. The topological polar surface area (TPSA) is 83.1 Å². The van der Waals surface area contributed by atoms with Gasteiger partial charge in [0.1, 0.15) is 5.82 Å². The van der Waals surface area contributed by atoms with Gasteiger partial charge in [-0.25, -0.2) is 4.98 Å². The number of carbonyl (C=O) groups excluding carboxylic acids is 2. The van der Waals surface area contributed by atoms with Crippen molar-refractivity contribution in [3.8, 4) is 0 Å². The Kier molecular flexibility index (Phi) is 3.76. The Bertz CT molecular complexity index is 461. The van der Waals surface area contributed by atoms with E-state index >= 15 is 0 Å². The van der Waals surface area contributed by atoms with Crippen molar-refractivity contribution in [3.05, 3.63) is 23.9 Å². The molecule has 1 saturated heterocycles. The maximum Gasteiger partial charge on any atom is 0.255 e. The van der Waals surface area contributed by atoms with Crippen LogP contribution in [0.2, 0.25) is 0 Å². The standard InChI is InChI=1S/C12H16N4O2/c1-13-11-9(3-2-6-14-11)12(18)15-7-8-4-5-10(17)16-8/h2-3,6,8H,4-5,7H2,1H3,(H,13,14)(H,15,18)(H,16,17). The van der Waals surface area contributed by atoms with Crippen LogP contribution in [-0.4, -0.2) is 36.4 Å². The number of carbonyl (C=O) groups is 2. The van der Waals surface area contributed by atoms with Gasteiger partial charge in [-0.2, -0.15) is 0 Å². The SMILES string of the molecule is CNc1ncccc1C(=O)NCC1CCC(=O)N1. The zero-order valence-corrected chi connectivity index (χ0v) is 10.2. The fourth-order valence-electron chi connectivity index (χ4n) is 1.93. The molecule has 0 spiro atoms. The number of pyridine rings is 1. The summed E-state index contributed by atoms with van der Waals surface area (Å²) in [6.45, 7) is 0.447. The van der Waals surface area contributed by atoms with Gasteiger partial charge >= 0.3 is 0 Å². The molecule has 0 saturated carbocycles. The van der Waals surface area contributed by atoms with E-state index in [0.717, 1.165) is 6.42 Å². The molecule has 6 nitrogen and oxygen atoms in total. The maximum atomic E-state index is 12.0. The van der Waals surface area contributed by atoms with Gasteiger partial charge in [-0.05, 0) is 18.6 Å². The summed E-state index contributed by atoms with van der Waals surface area (Å²) >= 11 is 0. The quantitative estimate of drug-likeness (QED) is 0.707. The molecule has 1 aromatic rings. The Morgan fingerprint density at radius 2 is 2.44 bits per heavy atom. The van der Waals surface area contributed by atoms with E-state index < -0.39 is 0 Å². The monoisotopic (exact) mass is 248 g/mol. The Hall–Kier alpha value is -2.11. The third-order valence-corrected chi connectivity index (χ3v) is 2.88. The average Bonchev–Trinajstić information content (AvgIpc) is 2.81. The first-order valence-corrected chi connectivity index (χ1v) is 5.91. The molecule has 1 aliphatic rings. The highest BCUT2D eigenvalue weighted by molar-refractivity contribution is 5.98. The summed E-state index contributed by atoms with van der Waals surface area (Å²) in [7, 11) is 1.72. The molecule has 2 amide bonds. The average molecular weight is 248 g/mol. The number of hydrogen-bond acceptors (Lipinski definition) is 4. The summed E-state index contributed by atoms with van der Waals surface area (Å²) < 4.78 is 0. The molecule has 1 aromatic heterocycles. The Morgan fingerprint density at radius 3 is 3.11 bits per heavy atom. The van der Waals surface area contributed by atoms with E-state index in [9.17, 15) is 9.59 Å². The third-order valence-electron chi connectivity index (χ3n) is 2.88. The first-order valence-electron chi connectivity index (χ1n) is 5.91. The largest absolute Gasteiger partial charge is 0.372 e. The second-order valence-corrected chi connectivity index (χ2v) is 4.16. The first kappa shape index (κ1) is 12.3. The molecule has 18 heavy (non-hydrogen) atoms. The molecule has 1 fully saturated rings. The number of rotatable bonds is 4. The van der Waals surface area contributed by atoms with Crippen LogP contribution in [0, 0.1) is 0 Å². The predicted molar refractivity (Wildman–Crippen MR) is 67.3 cm³/mol. The summed E-state index contributed by atoms with van der Waals surface area (Å²) in [5, 5.41) is 8.48. The van der Waals surface area contributed by atoms with Crippen LogP contribution >= 0.6 is 0 Å². The van der Waals surface area contributed by atoms with Crippen molar-refractivity contribution in [2.45, 2.75) is 18.9 Å². The fourth-order valence-corrected chi connectivity index (χ4v) is 1.93. The molecule has 0 aliphatic carbocycles. The zero-order chi connectivity index (χ0) is 13.0. The van der Waals surface area contributed by atoms with Gasteiger partial charge in [-0.3, -0.25) is 9.59 Å². The maximum absolute atomic E-state index is 12.0. The van der Waals surface area contributed by atoms with Crippen LogP contribution in [0.1, 0.15) is 23.2 Å². The van der Waals surface area contributed by atoms with Crippen molar-refractivity contribution in [2.24, 2.45) is 0 Å². The van der Waals surface area contributed by atoms with Crippen molar-refractivity contribution < 1.29 is 9.59 Å². The zero-order valence-electron chi connectivity index (χ0n) is 10.2. The van der Waals surface area contributed by atoms with Gasteiger partial charge < -0.3 is 16.0 Å². The van der Waals surface area contributed by atoms with E-state index in [4.69, 9.17) is 0 Å². The minimum absolute atomic E-state index is 0.0381. The van der Waals surface area contributed by atoms with Crippen LogP contribution in [0.3, 0.4) is 0 Å². The van der Waals surface area contributed by atoms with E-state index in [1.807, 2.05) is 0 Å². The summed E-state index contributed by atoms with van der Waals surface area (Å²) in [4.78, 5) is 27.1. The second kappa shape index (κ2) is 5.48. The minimum Gasteiger partial charge on any atom is -0.372 e. The van der Waals surface area contributed by atoms with E-state index in [1.165, 1.54) is 0 Å². The second-order valence-electron chi connectivity index (χ2n) is 4.16. The van der Waals surface area contributed by atoms with Crippen LogP contribution in [0.4, 0.5) is 5.82 Å². The van der Waals surface area contributed by atoms with Gasteiger partial charge in [0, 0.05) is 32.3 Å². The van der Waals surface area contributed by atoms with E-state index in [2.05, 4.69) is 20.9 Å². The Labute approximate surface area is 105 Å². The van der Waals surface area contributed by atoms with Crippen LogP contribution in [-0.2, 0) is 4.79 Å². The third kappa shape index (κ3) is 2.77. The summed E-state index contributed by atoms with van der Waals surface area (Å²) in [5.74, 6) is 0.408. The summed E-state index contributed by atoms with van der Waals surface area (Å²) in [6.07, 6.45) is 2.93. The van der Waals surface area contributed by atoms with Crippen LogP contribution in [0.5, 0.6) is 0 Å². The number of nitrogens with zero attached hydrogens (tertiary/aromatic N) is 1. The van der Waals surface area contributed by atoms with Crippen molar-refractivity contribution >= 4 is 17.6 Å². The van der Waals surface area contributed by atoms with Crippen LogP contribution < -0.4 is 16.0 Å². The fraction of sp³-hybridized carbons (Fsp3) is 0.417. The Morgan fingerprint density at radius 1 is 1.61 bits per heavy atom. The lowest BCUT2D eigenvalue weighted by molar-refractivity contribution is -0.119. The molecular formula is C12H16N4O2. The molecular weight excluding hydrogens is 232 g/mol. The molecule has 6 heteroatoms. The summed E-state index contributed by atoms with van der Waals surface area (Å²) in [5.41, 5.74) is 0.504. The number of aromatic nitrogens is 1. The van der Waals surface area contributed by atoms with Gasteiger partial charge in [-0.1, -0.05) is 0 Å². The van der Waals surface area contributed by atoms with Crippen molar-refractivity contribution in [1.29, 1.82) is 0 Å². The Balaban J connectivity index is 1.93. The number of nitrogens with one attached hydrogen (secondary N) is 3. The normalized spacial score (nSPS) is 18.3. The first-order chi connectivity index (χ1) is 8.70. The molecule has 2 rings (SSSR count). The predicted octanol–water partition coefficient (Wildman–Crippen LogP) is 0.132. The van der Waals surface area contributed by atoms with E-state index in [0.29, 0.717) is 24.3 Å². The van der Waals surface area contributed by atoms with Crippen LogP contribution in [0.25, 0.3) is 0 Å². The lowest BCUT2D eigenvalue weighted by Gasteiger charge is -2.12. The van der Waals surface area contributed by atoms with Gasteiger partial charge in [0.15, 0.2) is 0 Å². The molecule has 1 unspecified atom stereocenters. The molecule has 1 atom stereocenters. The summed E-state index contributed by atoms with van der Waals surface area (Å²) in [6, 6.07) is 3.46. The van der Waals surface area contributed by atoms with Gasteiger partial charge in [-0.15, -0.1) is 0 Å². The van der Waals surface area contributed by atoms with Crippen molar-refractivity contribution in [3.63, 3.8) is 0 Å². The minimum atomic E-state index is -0.186. The van der Waals surface area contributed by atoms with Gasteiger partial charge in [0.05, 0.1) is 5.56 Å². The van der Waals surface area contributed by atoms with Crippen LogP contribution in [0.15, 0.2) is 18.3 Å². The number of anilines is 1. The number of hydrogen-bond donors (Lipinski definition) is 3. The lowest BCUT2D eigenvalue weighted by Crippen LogP contribution is -2.38. The molecule has 2 heterocycles. The van der Waals surface area contributed by atoms with Gasteiger partial charge in [0.25, 0.3) is 5.91 Å². The van der Waals surface area contributed by atoms with E-state index in [1.54, 1.807) is 25.4 Å². The smallest absolute Gasteiger partial charge is 0.255 e. The van der Waals surface area contributed by atoms with Gasteiger partial charge in [0.2, 0.25) is 5.91 Å². The highest BCUT2D eigenvalue weighted by Crippen LogP contribution is 2.10. The molecule has 3 N–H and O–H groups in total. The molecule has 0 aromatic carbocycles.